The van der Waals surface area contributed by atoms with Gasteiger partial charge >= 0.3 is 53.4 Å². The van der Waals surface area contributed by atoms with Crippen LogP contribution in [0.5, 0.6) is 0 Å². The maximum absolute atomic E-state index is 11.3. The molecule has 0 aromatic heterocycles. The van der Waals surface area contributed by atoms with Gasteiger partial charge in [-0.25, -0.2) is 9.59 Å². The average Bonchev–Trinajstić information content (AvgIpc) is 4.07. The molecule has 4 saturated heterocycles. The Morgan fingerprint density at radius 1 is 0.627 bits per heavy atom. The van der Waals surface area contributed by atoms with Crippen LogP contribution in [0, 0.1) is 52.4 Å². The Hall–Kier alpha value is 3.13. The first-order chi connectivity index (χ1) is 26.1. The molecule has 4 aliphatic heterocycles. The van der Waals surface area contributed by atoms with E-state index in [1.807, 2.05) is 7.05 Å². The zero-order chi connectivity index (χ0) is 42.7. The van der Waals surface area contributed by atoms with Gasteiger partial charge in [0.15, 0.2) is 0 Å². The Labute approximate surface area is 549 Å². The number of nitrogens with zero attached hydrogens (tertiary/aromatic N) is 4. The fourth-order valence-corrected chi connectivity index (χ4v) is 6.98. The summed E-state index contributed by atoms with van der Waals surface area (Å²) in [6.45, 7) is 11.6. The first kappa shape index (κ1) is 95.9. The largest absolute Gasteiger partial charge is 1.00 e. The van der Waals surface area contributed by atoms with E-state index >= 15 is 0 Å². The normalized spacial score (nSPS) is 19.9. The molecule has 2 N–H and O–H groups in total. The SMILES string of the molecule is C=CC(=O)OC.CN1CCC(=O)CC1.CN1CCC2(CC1)CC2C(=O)O.COC(=O)C1CC12CCN(C)CC2.COC(=O)C=C1CCN(C)CC1.C[S+](C)(C)=O.[CH3-].[CH3-].[CH3-].[CH3-].[I-].[Na+].[OH-].[Y].[Y].[Y].[Y]. The Morgan fingerprint density at radius 2 is 0.925 bits per heavy atom. The molecule has 2 saturated carbocycles. The standard InChI is InChI=1S/C10H17NO2.2C9H15NO2.C6H11NO.C4H6O2.C3H9OS.4CH3.HI.Na.H2O.4Y/c1-11-5-3-10(4-6-11)7-8(10)9(12)13-2;1-10-4-2-9(3-5-10)6-7(9)8(11)12;1-10-5-3-8(4-6-10)7-9(11)12-2;1-7-4-2-6(8)3-5-7;1-3-4(5)6-2;1-5(2,3)4;;;;;;;;;;;/h8H,3-7H2,1-2H3;7H,2-6H2,1H3,(H,11,12);7H,3-6H2,1-2H3;2-5H2,1H3;3H,1H2,2H3;1-3H3;4*1H3;1H;;1H2;;;;/q;;;;;+1;4*-1;;+1;;;;;/p-2. The number of carbonyl (C=O) groups is 5. The molecule has 2 spiro atoms. The van der Waals surface area contributed by atoms with Crippen molar-refractivity contribution >= 4 is 39.6 Å². The summed E-state index contributed by atoms with van der Waals surface area (Å²) >= 11 is 0. The molecule has 22 heteroatoms. The molecule has 0 bridgehead atoms. The molecule has 6 fully saturated rings. The van der Waals surface area contributed by atoms with E-state index in [0.29, 0.717) is 11.2 Å². The quantitative estimate of drug-likeness (QED) is 0.0695. The topological polar surface area (TPSA) is 193 Å². The Kier molecular flexibility index (Phi) is 71.5. The summed E-state index contributed by atoms with van der Waals surface area (Å²) in [5.41, 5.74) is 1.75. The predicted octanol–water partition coefficient (Wildman–Crippen LogP) is -0.870. The van der Waals surface area contributed by atoms with E-state index in [1.165, 1.54) is 39.7 Å². The number of carboxylic acids is 1. The number of halogens is 1. The number of carbonyl (C=O) groups excluding carboxylic acids is 4. The number of aliphatic carboxylic acids is 1. The second-order valence-electron chi connectivity index (χ2n) is 16.6. The van der Waals surface area contributed by atoms with Crippen LogP contribution in [-0.4, -0.2) is 180 Å². The van der Waals surface area contributed by atoms with Crippen LogP contribution in [0.25, 0.3) is 0 Å². The Balaban J connectivity index is -0.0000000620. The molecule has 4 radical (unpaired) electrons. The first-order valence-corrected chi connectivity index (χ1v) is 22.4. The molecule has 4 heterocycles. The van der Waals surface area contributed by atoms with Crippen LogP contribution in [0.3, 0.4) is 0 Å². The number of likely N-dealkylation sites (tertiary alicyclic amines) is 4. The van der Waals surface area contributed by atoms with Gasteiger partial charge < -0.3 is 98.1 Å². The summed E-state index contributed by atoms with van der Waals surface area (Å²) in [7, 11) is 11.2. The van der Waals surface area contributed by atoms with Crippen LogP contribution in [0.15, 0.2) is 24.3 Å². The summed E-state index contributed by atoms with van der Waals surface area (Å²) in [5, 5.41) is 8.82. The van der Waals surface area contributed by atoms with Crippen molar-refractivity contribution in [2.45, 2.75) is 64.2 Å². The van der Waals surface area contributed by atoms with Crippen LogP contribution in [-0.2, 0) is 183 Å². The van der Waals surface area contributed by atoms with Crippen molar-refractivity contribution in [1.82, 2.24) is 19.6 Å². The van der Waals surface area contributed by atoms with Crippen LogP contribution in [0.2, 0.25) is 0 Å². The molecule has 0 aromatic carbocycles. The fraction of sp³-hybridized carbons (Fsp3) is 0.711. The minimum absolute atomic E-state index is 0. The van der Waals surface area contributed by atoms with Gasteiger partial charge in [0.05, 0.1) is 43.1 Å². The number of rotatable bonds is 4. The van der Waals surface area contributed by atoms with Gasteiger partial charge in [-0.1, -0.05) is 12.2 Å². The van der Waals surface area contributed by atoms with E-state index in [0.717, 1.165) is 110 Å². The van der Waals surface area contributed by atoms with Gasteiger partial charge in [0.2, 0.25) is 0 Å². The van der Waals surface area contributed by atoms with Gasteiger partial charge in [-0.3, -0.25) is 14.4 Å². The van der Waals surface area contributed by atoms with Crippen LogP contribution in [0.4, 0.5) is 0 Å². The average molecular weight is 1400 g/mol. The van der Waals surface area contributed by atoms with Crippen LogP contribution in [0.1, 0.15) is 64.2 Å². The van der Waals surface area contributed by atoms with Crippen molar-refractivity contribution in [1.29, 1.82) is 0 Å². The third kappa shape index (κ3) is 43.0. The van der Waals surface area contributed by atoms with Crippen LogP contribution >= 0.6 is 0 Å². The Bertz CT molecular complexity index is 1380. The van der Waals surface area contributed by atoms with Crippen molar-refractivity contribution in [3.8, 4) is 0 Å². The number of ether oxygens (including phenoxy) is 3. The summed E-state index contributed by atoms with van der Waals surface area (Å²) in [5.74, 6) is -0.589. The number of carboxylic acid groups (broad SMARTS) is 1. The van der Waals surface area contributed by atoms with Gasteiger partial charge in [-0.2, -0.15) is 0 Å². The molecule has 67 heavy (non-hydrogen) atoms. The first-order valence-electron chi connectivity index (χ1n) is 19.6. The van der Waals surface area contributed by atoms with E-state index in [9.17, 15) is 28.2 Å². The van der Waals surface area contributed by atoms with Crippen molar-refractivity contribution < 1.29 is 237 Å². The molecule has 0 amide bonds. The molecule has 2 aliphatic carbocycles. The smallest absolute Gasteiger partial charge is 1.00 e. The van der Waals surface area contributed by atoms with Crippen LogP contribution < -0.4 is 53.5 Å². The molecule has 2 unspecified atom stereocenters. The molecule has 0 aromatic rings. The number of methoxy groups -OCH3 is 3. The maximum atomic E-state index is 11.3. The van der Waals surface area contributed by atoms with Gasteiger partial charge in [-0.05, 0) is 117 Å². The maximum Gasteiger partial charge on any atom is 1.00 e. The van der Waals surface area contributed by atoms with Gasteiger partial charge in [-0.15, -0.1) is 4.21 Å². The molecule has 6 rings (SSSR count). The number of hydrogen-bond acceptors (Lipinski definition) is 14. The number of Topliss-reactive ketones (excluding diaryl/α,β-unsaturated/α-hetero) is 1. The monoisotopic (exact) mass is 1400 g/mol. The van der Waals surface area contributed by atoms with Crippen molar-refractivity contribution in [3.05, 3.63) is 54.0 Å². The second-order valence-corrected chi connectivity index (χ2v) is 20.1. The molecule has 382 valence electrons. The van der Waals surface area contributed by atoms with Crippen molar-refractivity contribution in [2.75, 3.05) is 121 Å². The molecular weight excluding hydrogens is 1310 g/mol. The Morgan fingerprint density at radius 3 is 1.18 bits per heavy atom. The van der Waals surface area contributed by atoms with Gasteiger partial charge in [0.25, 0.3) is 0 Å². The summed E-state index contributed by atoms with van der Waals surface area (Å²) in [6, 6.07) is 0. The van der Waals surface area contributed by atoms with E-state index in [1.54, 1.807) is 24.8 Å². The van der Waals surface area contributed by atoms with E-state index in [4.69, 9.17) is 9.84 Å². The molecule has 15 nitrogen and oxygen atoms in total. The number of esters is 3. The van der Waals surface area contributed by atoms with E-state index < -0.39 is 21.9 Å². The number of hydrogen-bond donors (Lipinski definition) is 1. The minimum Gasteiger partial charge on any atom is -1.00 e. The van der Waals surface area contributed by atoms with Gasteiger partial charge in [0.1, 0.15) is 24.6 Å². The third-order valence-electron chi connectivity index (χ3n) is 11.2. The predicted molar refractivity (Wildman–Crippen MR) is 248 cm³/mol. The van der Waals surface area contributed by atoms with E-state index in [2.05, 4.69) is 56.8 Å². The third-order valence-corrected chi connectivity index (χ3v) is 11.2. The van der Waals surface area contributed by atoms with Crippen molar-refractivity contribution in [3.63, 3.8) is 0 Å². The van der Waals surface area contributed by atoms with E-state index in [-0.39, 0.29) is 249 Å². The zero-order valence-corrected chi connectivity index (χ0v) is 60.5. The molecular formula is C45H86IN4NaO11SY4-4. The number of ketones is 1. The summed E-state index contributed by atoms with van der Waals surface area (Å²) < 4.78 is 23.7. The zero-order valence-electron chi connectivity index (χ0n) is 44.2. The minimum atomic E-state index is -1.42. The van der Waals surface area contributed by atoms with Crippen molar-refractivity contribution in [2.24, 2.45) is 22.7 Å². The number of piperidine rings is 4. The molecule has 6 aliphatic rings. The summed E-state index contributed by atoms with van der Waals surface area (Å²) in [6.07, 6.45) is 17.9. The van der Waals surface area contributed by atoms with Gasteiger partial charge in [0, 0.05) is 182 Å². The second kappa shape index (κ2) is 50.0. The molecule has 2 atom stereocenters. The fourth-order valence-electron chi connectivity index (χ4n) is 6.98. The summed E-state index contributed by atoms with van der Waals surface area (Å²) in [4.78, 5) is 62.3.